The number of hydrogen-bond donors (Lipinski definition) is 0. The van der Waals surface area contributed by atoms with Gasteiger partial charge in [0, 0.05) is 0 Å². The van der Waals surface area contributed by atoms with Crippen molar-refractivity contribution >= 4 is 16.8 Å². The Balaban J connectivity index is 3.01. The van der Waals surface area contributed by atoms with Crippen molar-refractivity contribution in [2.45, 2.75) is 90.4 Å². The number of carbonyl (C=O) groups excluding carboxylic acids is 1. The Kier molecular flexibility index (Phi) is 15.5. The van der Waals surface area contributed by atoms with Crippen LogP contribution in [0.4, 0.5) is 0 Å². The van der Waals surface area contributed by atoms with Crippen molar-refractivity contribution in [3.05, 3.63) is 12.2 Å². The summed E-state index contributed by atoms with van der Waals surface area (Å²) in [6.07, 6.45) is 20.7. The molecule has 0 spiro atoms. The van der Waals surface area contributed by atoms with Crippen molar-refractivity contribution in [2.75, 3.05) is 0 Å². The van der Waals surface area contributed by atoms with E-state index in [1.165, 1.54) is 83.1 Å². The van der Waals surface area contributed by atoms with E-state index in [0.29, 0.717) is 0 Å². The first-order valence-electron chi connectivity index (χ1n) is 8.13. The molecule has 0 atom stereocenters. The number of rotatable bonds is 14. The van der Waals surface area contributed by atoms with Crippen molar-refractivity contribution in [1.82, 2.24) is 0 Å². The molecule has 0 aliphatic rings. The van der Waals surface area contributed by atoms with Gasteiger partial charge in [0.05, 0.1) is 0 Å². The highest BCUT2D eigenvalue weighted by Crippen LogP contribution is 2.12. The Hall–Kier alpha value is -0.300. The standard InChI is InChI=1S/C17H31ClO/c1-2-3-4-5-6-7-8-9-10-11-12-13-14-15-16-17(18)19/h15-16H,2-14H2,1H3. The van der Waals surface area contributed by atoms with E-state index in [2.05, 4.69) is 6.92 Å². The van der Waals surface area contributed by atoms with Crippen LogP contribution in [-0.4, -0.2) is 5.24 Å². The summed E-state index contributed by atoms with van der Waals surface area (Å²) in [5, 5.41) is -0.362. The van der Waals surface area contributed by atoms with Crippen molar-refractivity contribution in [2.24, 2.45) is 0 Å². The quantitative estimate of drug-likeness (QED) is 0.205. The third kappa shape index (κ3) is 17.7. The van der Waals surface area contributed by atoms with Crippen LogP contribution < -0.4 is 0 Å². The van der Waals surface area contributed by atoms with Crippen molar-refractivity contribution < 1.29 is 4.79 Å². The predicted molar refractivity (Wildman–Crippen MR) is 85.7 cm³/mol. The average Bonchev–Trinajstić information content (AvgIpc) is 2.39. The normalized spacial score (nSPS) is 11.3. The fourth-order valence-electron chi connectivity index (χ4n) is 2.28. The monoisotopic (exact) mass is 286 g/mol. The van der Waals surface area contributed by atoms with Crippen LogP contribution in [0.3, 0.4) is 0 Å². The summed E-state index contributed by atoms with van der Waals surface area (Å²) in [5.41, 5.74) is 0. The zero-order chi connectivity index (χ0) is 14.2. The summed E-state index contributed by atoms with van der Waals surface area (Å²) >= 11 is 5.20. The Bertz CT molecular complexity index is 223. The Morgan fingerprint density at radius 2 is 1.21 bits per heavy atom. The lowest BCUT2D eigenvalue weighted by atomic mass is 10.0. The Labute approximate surface area is 124 Å². The van der Waals surface area contributed by atoms with Crippen molar-refractivity contribution in [3.8, 4) is 0 Å². The van der Waals surface area contributed by atoms with E-state index in [9.17, 15) is 4.79 Å². The molecule has 0 fully saturated rings. The predicted octanol–water partition coefficient (Wildman–Crippen LogP) is 6.40. The summed E-state index contributed by atoms with van der Waals surface area (Å²) in [6, 6.07) is 0. The molecule has 0 amide bonds. The van der Waals surface area contributed by atoms with Crippen molar-refractivity contribution in [3.63, 3.8) is 0 Å². The van der Waals surface area contributed by atoms with Crippen LogP contribution in [0.25, 0.3) is 0 Å². The fourth-order valence-corrected chi connectivity index (χ4v) is 2.37. The van der Waals surface area contributed by atoms with E-state index in [4.69, 9.17) is 11.6 Å². The van der Waals surface area contributed by atoms with Gasteiger partial charge < -0.3 is 0 Å². The van der Waals surface area contributed by atoms with E-state index in [1.807, 2.05) is 6.08 Å². The second-order valence-electron chi connectivity index (χ2n) is 5.38. The minimum Gasteiger partial charge on any atom is -0.276 e. The highest BCUT2D eigenvalue weighted by molar-refractivity contribution is 6.66. The third-order valence-electron chi connectivity index (χ3n) is 3.47. The van der Waals surface area contributed by atoms with Crippen molar-refractivity contribution in [1.29, 1.82) is 0 Å². The average molecular weight is 287 g/mol. The van der Waals surface area contributed by atoms with E-state index >= 15 is 0 Å². The van der Waals surface area contributed by atoms with E-state index < -0.39 is 0 Å². The van der Waals surface area contributed by atoms with Crippen LogP contribution in [0.5, 0.6) is 0 Å². The van der Waals surface area contributed by atoms with Crippen LogP contribution in [0.2, 0.25) is 0 Å². The van der Waals surface area contributed by atoms with Gasteiger partial charge in [0.1, 0.15) is 0 Å². The maximum atomic E-state index is 10.4. The molecule has 112 valence electrons. The summed E-state index contributed by atoms with van der Waals surface area (Å²) in [4.78, 5) is 10.4. The van der Waals surface area contributed by atoms with E-state index in [1.54, 1.807) is 0 Å². The Morgan fingerprint density at radius 3 is 1.63 bits per heavy atom. The van der Waals surface area contributed by atoms with Gasteiger partial charge >= 0.3 is 0 Å². The highest BCUT2D eigenvalue weighted by atomic mass is 35.5. The molecule has 0 aliphatic heterocycles. The van der Waals surface area contributed by atoms with Crippen LogP contribution in [-0.2, 0) is 4.79 Å². The molecule has 0 rings (SSSR count). The van der Waals surface area contributed by atoms with Gasteiger partial charge in [0.15, 0.2) is 0 Å². The molecule has 0 saturated carbocycles. The first-order valence-corrected chi connectivity index (χ1v) is 8.51. The second-order valence-corrected chi connectivity index (χ2v) is 5.76. The molecular weight excluding hydrogens is 256 g/mol. The molecule has 0 N–H and O–H groups in total. The molecule has 0 saturated heterocycles. The molecule has 0 aromatic carbocycles. The minimum absolute atomic E-state index is 0.362. The SMILES string of the molecule is CCCCCCCCCCCCCCC=CC(=O)Cl. The zero-order valence-electron chi connectivity index (χ0n) is 12.6. The van der Waals surface area contributed by atoms with Gasteiger partial charge in [-0.25, -0.2) is 0 Å². The minimum atomic E-state index is -0.362. The lowest BCUT2D eigenvalue weighted by Crippen LogP contribution is -1.82. The molecule has 1 nitrogen and oxygen atoms in total. The van der Waals surface area contributed by atoms with Crippen LogP contribution in [0.1, 0.15) is 90.4 Å². The highest BCUT2D eigenvalue weighted by Gasteiger charge is 1.93. The first-order chi connectivity index (χ1) is 9.27. The molecule has 0 unspecified atom stereocenters. The molecule has 0 heterocycles. The lowest BCUT2D eigenvalue weighted by molar-refractivity contribution is -0.107. The van der Waals surface area contributed by atoms with Crippen LogP contribution >= 0.6 is 11.6 Å². The summed E-state index contributed by atoms with van der Waals surface area (Å²) in [7, 11) is 0. The summed E-state index contributed by atoms with van der Waals surface area (Å²) in [5.74, 6) is 0. The van der Waals surface area contributed by atoms with Crippen LogP contribution in [0.15, 0.2) is 12.2 Å². The molecule has 0 aromatic rings. The van der Waals surface area contributed by atoms with Gasteiger partial charge in [-0.15, -0.1) is 0 Å². The van der Waals surface area contributed by atoms with Gasteiger partial charge in [-0.05, 0) is 30.5 Å². The lowest BCUT2D eigenvalue weighted by Gasteiger charge is -2.02. The molecule has 19 heavy (non-hydrogen) atoms. The summed E-state index contributed by atoms with van der Waals surface area (Å²) in [6.45, 7) is 2.27. The zero-order valence-corrected chi connectivity index (χ0v) is 13.4. The van der Waals surface area contributed by atoms with E-state index in [-0.39, 0.29) is 5.24 Å². The molecule has 0 aromatic heterocycles. The molecule has 2 heteroatoms. The smallest absolute Gasteiger partial charge is 0.244 e. The maximum Gasteiger partial charge on any atom is 0.244 e. The number of allylic oxidation sites excluding steroid dienone is 2. The molecular formula is C17H31ClO. The van der Waals surface area contributed by atoms with E-state index in [0.717, 1.165) is 6.42 Å². The number of unbranched alkanes of at least 4 members (excludes halogenated alkanes) is 12. The van der Waals surface area contributed by atoms with Gasteiger partial charge in [-0.1, -0.05) is 83.6 Å². The molecule has 0 aliphatic carbocycles. The molecule has 0 radical (unpaired) electrons. The largest absolute Gasteiger partial charge is 0.276 e. The maximum absolute atomic E-state index is 10.4. The van der Waals surface area contributed by atoms with Gasteiger partial charge in [0.25, 0.3) is 0 Å². The summed E-state index contributed by atoms with van der Waals surface area (Å²) < 4.78 is 0. The Morgan fingerprint density at radius 1 is 0.789 bits per heavy atom. The number of halogens is 1. The van der Waals surface area contributed by atoms with Gasteiger partial charge in [0.2, 0.25) is 5.24 Å². The van der Waals surface area contributed by atoms with Crippen LogP contribution in [0, 0.1) is 0 Å². The third-order valence-corrected chi connectivity index (χ3v) is 3.60. The second kappa shape index (κ2) is 15.8. The fraction of sp³-hybridized carbons (Fsp3) is 0.824. The first kappa shape index (κ1) is 18.7. The number of hydrogen-bond acceptors (Lipinski definition) is 1. The topological polar surface area (TPSA) is 17.1 Å². The van der Waals surface area contributed by atoms with Gasteiger partial charge in [-0.2, -0.15) is 0 Å². The van der Waals surface area contributed by atoms with Gasteiger partial charge in [-0.3, -0.25) is 4.79 Å². The number of carbonyl (C=O) groups is 1. The molecule has 0 bridgehead atoms.